The summed E-state index contributed by atoms with van der Waals surface area (Å²) in [5.41, 5.74) is 0.555. The predicted molar refractivity (Wildman–Crippen MR) is 68.7 cm³/mol. The first-order chi connectivity index (χ1) is 9.15. The Morgan fingerprint density at radius 3 is 2.68 bits per heavy atom. The maximum absolute atomic E-state index is 13.0. The molecule has 1 aliphatic rings. The fourth-order valence-corrected chi connectivity index (χ4v) is 2.31. The van der Waals surface area contributed by atoms with Gasteiger partial charge in [-0.15, -0.1) is 0 Å². The number of carbonyl (C=O) groups excluding carboxylic acids is 1. The summed E-state index contributed by atoms with van der Waals surface area (Å²) in [6.07, 6.45) is 2.33. The molecule has 1 unspecified atom stereocenters. The van der Waals surface area contributed by atoms with Gasteiger partial charge in [-0.3, -0.25) is 4.79 Å². The van der Waals surface area contributed by atoms with E-state index in [0.29, 0.717) is 25.1 Å². The quantitative estimate of drug-likeness (QED) is 0.871. The van der Waals surface area contributed by atoms with E-state index < -0.39 is 11.6 Å². The van der Waals surface area contributed by atoms with Crippen LogP contribution in [0.25, 0.3) is 0 Å². The summed E-state index contributed by atoms with van der Waals surface area (Å²) in [6.45, 7) is 2.07. The second-order valence-corrected chi connectivity index (χ2v) is 4.86. The number of amides is 1. The van der Waals surface area contributed by atoms with Gasteiger partial charge in [0.15, 0.2) is 0 Å². The number of hydrogen-bond acceptors (Lipinski definition) is 2. The van der Waals surface area contributed by atoms with Crippen LogP contribution in [-0.4, -0.2) is 25.5 Å². The Labute approximate surface area is 111 Å². The monoisotopic (exact) mass is 268 g/mol. The molecule has 1 aromatic rings. The van der Waals surface area contributed by atoms with Crippen LogP contribution in [0.2, 0.25) is 0 Å². The molecule has 1 aromatic carbocycles. The molecule has 0 aliphatic carbocycles. The van der Waals surface area contributed by atoms with Crippen LogP contribution < -0.4 is 10.6 Å². The third-order valence-corrected chi connectivity index (χ3v) is 3.30. The molecule has 0 radical (unpaired) electrons. The van der Waals surface area contributed by atoms with Gasteiger partial charge >= 0.3 is 0 Å². The minimum absolute atomic E-state index is 0.0120. The van der Waals surface area contributed by atoms with E-state index >= 15 is 0 Å². The average Bonchev–Trinajstić information content (AvgIpc) is 2.38. The normalized spacial score (nSPS) is 19.2. The molecule has 0 spiro atoms. The Kier molecular flexibility index (Phi) is 4.85. The van der Waals surface area contributed by atoms with Crippen molar-refractivity contribution in [1.82, 2.24) is 10.6 Å². The first-order valence-electron chi connectivity index (χ1n) is 6.58. The van der Waals surface area contributed by atoms with Crippen LogP contribution in [0.3, 0.4) is 0 Å². The number of piperidine rings is 1. The third-order valence-electron chi connectivity index (χ3n) is 3.30. The van der Waals surface area contributed by atoms with Gasteiger partial charge in [-0.2, -0.15) is 0 Å². The lowest BCUT2D eigenvalue weighted by Gasteiger charge is -2.21. The highest BCUT2D eigenvalue weighted by Gasteiger charge is 2.20. The average molecular weight is 268 g/mol. The molecule has 1 aliphatic heterocycles. The molecule has 1 saturated heterocycles. The van der Waals surface area contributed by atoms with Crippen LogP contribution in [0.5, 0.6) is 0 Å². The van der Waals surface area contributed by atoms with E-state index in [9.17, 15) is 13.6 Å². The van der Waals surface area contributed by atoms with Crippen LogP contribution >= 0.6 is 0 Å². The molecule has 104 valence electrons. The highest BCUT2D eigenvalue weighted by atomic mass is 19.1. The Hall–Kier alpha value is -1.49. The van der Waals surface area contributed by atoms with Crippen LogP contribution in [0, 0.1) is 17.6 Å². The van der Waals surface area contributed by atoms with E-state index in [-0.39, 0.29) is 11.8 Å². The van der Waals surface area contributed by atoms with Gasteiger partial charge < -0.3 is 10.6 Å². The molecular formula is C14H18F2N2O. The summed E-state index contributed by atoms with van der Waals surface area (Å²) in [7, 11) is 0. The van der Waals surface area contributed by atoms with E-state index in [1.54, 1.807) is 0 Å². The SMILES string of the molecule is O=C(NCCc1cc(F)cc(F)c1)C1CCCNC1. The molecule has 0 bridgehead atoms. The summed E-state index contributed by atoms with van der Waals surface area (Å²) in [5, 5.41) is 5.99. The smallest absolute Gasteiger partial charge is 0.224 e. The molecule has 1 fully saturated rings. The standard InChI is InChI=1S/C14H18F2N2O/c15-12-6-10(7-13(16)8-12)3-5-18-14(19)11-2-1-4-17-9-11/h6-8,11,17H,1-5,9H2,(H,18,19). The summed E-state index contributed by atoms with van der Waals surface area (Å²) in [6, 6.07) is 3.42. The number of hydrogen-bond donors (Lipinski definition) is 2. The zero-order valence-corrected chi connectivity index (χ0v) is 10.7. The van der Waals surface area contributed by atoms with Crippen molar-refractivity contribution in [2.45, 2.75) is 19.3 Å². The van der Waals surface area contributed by atoms with Gasteiger partial charge in [0.2, 0.25) is 5.91 Å². The maximum atomic E-state index is 13.0. The van der Waals surface area contributed by atoms with E-state index in [2.05, 4.69) is 10.6 Å². The molecule has 5 heteroatoms. The first kappa shape index (κ1) is 13.9. The van der Waals surface area contributed by atoms with Gasteiger partial charge in [-0.1, -0.05) is 0 Å². The molecule has 1 amide bonds. The lowest BCUT2D eigenvalue weighted by molar-refractivity contribution is -0.125. The van der Waals surface area contributed by atoms with Crippen molar-refractivity contribution in [1.29, 1.82) is 0 Å². The molecule has 19 heavy (non-hydrogen) atoms. The predicted octanol–water partition coefficient (Wildman–Crippen LogP) is 1.62. The fourth-order valence-electron chi connectivity index (χ4n) is 2.31. The van der Waals surface area contributed by atoms with E-state index in [1.807, 2.05) is 0 Å². The van der Waals surface area contributed by atoms with Crippen LogP contribution in [0.15, 0.2) is 18.2 Å². The Balaban J connectivity index is 1.77. The zero-order valence-electron chi connectivity index (χ0n) is 10.7. The van der Waals surface area contributed by atoms with Crippen molar-refractivity contribution in [3.63, 3.8) is 0 Å². The minimum atomic E-state index is -0.585. The Morgan fingerprint density at radius 1 is 1.32 bits per heavy atom. The van der Waals surface area contributed by atoms with Crippen LogP contribution in [0.4, 0.5) is 8.78 Å². The lowest BCUT2D eigenvalue weighted by atomic mass is 9.99. The lowest BCUT2D eigenvalue weighted by Crippen LogP contribution is -2.41. The number of benzene rings is 1. The van der Waals surface area contributed by atoms with Gasteiger partial charge in [0.1, 0.15) is 11.6 Å². The summed E-state index contributed by atoms with van der Waals surface area (Å²) < 4.78 is 25.9. The van der Waals surface area contributed by atoms with Gasteiger partial charge in [-0.05, 0) is 43.5 Å². The fraction of sp³-hybridized carbons (Fsp3) is 0.500. The Bertz CT molecular complexity index is 425. The molecule has 3 nitrogen and oxygen atoms in total. The zero-order chi connectivity index (χ0) is 13.7. The second kappa shape index (κ2) is 6.61. The van der Waals surface area contributed by atoms with Crippen LogP contribution in [0.1, 0.15) is 18.4 Å². The van der Waals surface area contributed by atoms with Gasteiger partial charge in [0.05, 0.1) is 5.92 Å². The van der Waals surface area contributed by atoms with Crippen molar-refractivity contribution in [2.75, 3.05) is 19.6 Å². The molecule has 0 saturated carbocycles. The highest BCUT2D eigenvalue weighted by molar-refractivity contribution is 5.78. The third kappa shape index (κ3) is 4.28. The molecule has 1 atom stereocenters. The van der Waals surface area contributed by atoms with Crippen molar-refractivity contribution in [3.05, 3.63) is 35.4 Å². The molecule has 1 heterocycles. The van der Waals surface area contributed by atoms with Gasteiger partial charge in [-0.25, -0.2) is 8.78 Å². The summed E-state index contributed by atoms with van der Waals surface area (Å²) >= 11 is 0. The Morgan fingerprint density at radius 2 is 2.05 bits per heavy atom. The van der Waals surface area contributed by atoms with Crippen molar-refractivity contribution >= 4 is 5.91 Å². The van der Waals surface area contributed by atoms with Gasteiger partial charge in [0, 0.05) is 19.2 Å². The molecule has 0 aromatic heterocycles. The summed E-state index contributed by atoms with van der Waals surface area (Å²) in [4.78, 5) is 11.8. The van der Waals surface area contributed by atoms with Gasteiger partial charge in [0.25, 0.3) is 0 Å². The van der Waals surface area contributed by atoms with E-state index in [1.165, 1.54) is 12.1 Å². The van der Waals surface area contributed by atoms with Crippen molar-refractivity contribution in [2.24, 2.45) is 5.92 Å². The number of carbonyl (C=O) groups is 1. The summed E-state index contributed by atoms with van der Waals surface area (Å²) in [5.74, 6) is -1.14. The second-order valence-electron chi connectivity index (χ2n) is 4.86. The minimum Gasteiger partial charge on any atom is -0.355 e. The largest absolute Gasteiger partial charge is 0.355 e. The highest BCUT2D eigenvalue weighted by Crippen LogP contribution is 2.10. The molecule has 2 N–H and O–H groups in total. The topological polar surface area (TPSA) is 41.1 Å². The number of nitrogens with one attached hydrogen (secondary N) is 2. The van der Waals surface area contributed by atoms with Crippen molar-refractivity contribution in [3.8, 4) is 0 Å². The van der Waals surface area contributed by atoms with E-state index in [0.717, 1.165) is 25.5 Å². The van der Waals surface area contributed by atoms with Crippen molar-refractivity contribution < 1.29 is 13.6 Å². The van der Waals surface area contributed by atoms with Crippen LogP contribution in [-0.2, 0) is 11.2 Å². The number of halogens is 2. The molecular weight excluding hydrogens is 250 g/mol. The van der Waals surface area contributed by atoms with E-state index in [4.69, 9.17) is 0 Å². The first-order valence-corrected chi connectivity index (χ1v) is 6.58. The molecule has 2 rings (SSSR count). The maximum Gasteiger partial charge on any atom is 0.224 e. The number of rotatable bonds is 4.